The SMILES string of the molecule is CC(C)CC(=O)C=C(O)CC(C)C.CC(C)CC(=O)C=C(O)CC(C)C.Cc1[c-]c(-c2cc(CC(C)C)c3cc(-c4ccccc4)ccc3n2)cc(C)c1.Cc1[c-]c(-c2ccc3c(CC(C)C)cccc3n2)cc(C)c1.Cc1cc(-c2[c-]cccc2)ncc1-c1ccccc1.Cc1ccc(-c2[c-]cccc2)nc1.Cc1ccc(-c2ccnc(-c3[c-]cccc3)c2)cc1.Cc1ccnc(-c2[c-]cccc2)c1.[Ir].[Ir].[Ir].[Ir]. The largest absolute Gasteiger partial charge is 0.512 e. The van der Waals surface area contributed by atoms with Crippen LogP contribution in [-0.4, -0.2) is 51.7 Å². The fraction of sp³-hybridized carbons (Fsp3) is 0.246. The number of aromatic nitrogens is 6. The van der Waals surface area contributed by atoms with Crippen LogP contribution in [0.15, 0.2) is 352 Å². The summed E-state index contributed by atoms with van der Waals surface area (Å²) in [6.45, 7) is 41.8. The van der Waals surface area contributed by atoms with Crippen LogP contribution in [-0.2, 0) is 103 Å². The van der Waals surface area contributed by atoms with Crippen LogP contribution in [0.2, 0.25) is 0 Å². The monoisotopic (exact) mass is 2620 g/mol. The van der Waals surface area contributed by atoms with Crippen LogP contribution in [0.3, 0.4) is 0 Å². The number of aliphatic hydroxyl groups excluding tert-OH is 2. The van der Waals surface area contributed by atoms with Crippen LogP contribution in [0, 0.1) is 127 Å². The number of pyridine rings is 6. The summed E-state index contributed by atoms with van der Waals surface area (Å²) in [5.41, 5.74) is 34.1. The van der Waals surface area contributed by atoms with E-state index in [9.17, 15) is 19.8 Å². The van der Waals surface area contributed by atoms with Gasteiger partial charge in [-0.3, -0.25) is 19.6 Å². The molecule has 144 heavy (non-hydrogen) atoms. The van der Waals surface area contributed by atoms with Gasteiger partial charge in [0.1, 0.15) is 0 Å². The summed E-state index contributed by atoms with van der Waals surface area (Å²) in [6, 6.07) is 123. The number of fused-ring (bicyclic) bond motifs is 2. The summed E-state index contributed by atoms with van der Waals surface area (Å²) >= 11 is 0. The Kier molecular flexibility index (Phi) is 52.3. The summed E-state index contributed by atoms with van der Waals surface area (Å²) in [5, 5.41) is 21.2. The molecule has 752 valence electrons. The molecule has 0 bridgehead atoms. The quantitative estimate of drug-likeness (QED) is 0.0360. The first-order valence-electron chi connectivity index (χ1n) is 48.8. The normalized spacial score (nSPS) is 10.7. The number of nitrogens with zero attached hydrogens (tertiary/aromatic N) is 6. The number of hydrogen-bond donors (Lipinski definition) is 2. The minimum absolute atomic E-state index is 0. The van der Waals surface area contributed by atoms with Crippen molar-refractivity contribution in [2.75, 3.05) is 0 Å². The third-order valence-electron chi connectivity index (χ3n) is 22.1. The van der Waals surface area contributed by atoms with E-state index < -0.39 is 0 Å². The summed E-state index contributed by atoms with van der Waals surface area (Å²) in [5.74, 6) is 3.19. The van der Waals surface area contributed by atoms with Gasteiger partial charge in [0.2, 0.25) is 0 Å². The predicted octanol–water partition coefficient (Wildman–Crippen LogP) is 33.6. The Hall–Kier alpha value is -12.1. The van der Waals surface area contributed by atoms with Crippen LogP contribution in [0.1, 0.15) is 164 Å². The van der Waals surface area contributed by atoms with E-state index in [1.54, 1.807) is 0 Å². The molecule has 0 saturated heterocycles. The maximum atomic E-state index is 11.2. The zero-order valence-electron chi connectivity index (χ0n) is 86.8. The maximum absolute atomic E-state index is 11.2. The zero-order chi connectivity index (χ0) is 101. The number of benzene rings is 11. The van der Waals surface area contributed by atoms with Crippen LogP contribution in [0.4, 0.5) is 0 Å². The van der Waals surface area contributed by atoms with E-state index in [1.807, 2.05) is 221 Å². The first kappa shape index (κ1) is 121. The molecule has 0 fully saturated rings. The van der Waals surface area contributed by atoms with Gasteiger partial charge in [0, 0.05) is 159 Å². The van der Waals surface area contributed by atoms with E-state index in [4.69, 9.17) is 9.97 Å². The van der Waals surface area contributed by atoms with Crippen molar-refractivity contribution < 1.29 is 100 Å². The molecule has 0 aliphatic carbocycles. The maximum Gasteiger partial charge on any atom is 0.159 e. The van der Waals surface area contributed by atoms with Crippen LogP contribution in [0.25, 0.3) is 123 Å². The summed E-state index contributed by atoms with van der Waals surface area (Å²) in [7, 11) is 0. The number of allylic oxidation sites excluding steroid dienone is 4. The summed E-state index contributed by atoms with van der Waals surface area (Å²) in [4.78, 5) is 49.9. The van der Waals surface area contributed by atoms with Crippen molar-refractivity contribution in [2.24, 2.45) is 35.5 Å². The Morgan fingerprint density at radius 2 is 0.708 bits per heavy atom. The average Bonchev–Trinajstić information content (AvgIpc) is 0.779. The van der Waals surface area contributed by atoms with Crippen molar-refractivity contribution >= 4 is 33.4 Å². The second kappa shape index (κ2) is 62.5. The van der Waals surface area contributed by atoms with Crippen molar-refractivity contribution in [1.29, 1.82) is 0 Å². The molecule has 0 amide bonds. The van der Waals surface area contributed by atoms with E-state index in [0.717, 1.165) is 103 Å². The molecule has 6 aromatic heterocycles. The molecule has 0 aliphatic heterocycles. The molecule has 4 radical (unpaired) electrons. The number of aliphatic hydroxyl groups is 2. The molecule has 6 heterocycles. The number of ketones is 2. The number of hydrogen-bond acceptors (Lipinski definition) is 10. The molecular weight excluding hydrogens is 2480 g/mol. The summed E-state index contributed by atoms with van der Waals surface area (Å²) < 4.78 is 0. The molecule has 17 rings (SSSR count). The standard InChI is InChI=1S/C27H26N.C21H22N.2C18H14N.2C12H10N.2C11H20O2.4Ir/c1-18(2)12-23-17-27(24-14-19(3)13-20(4)15-24)28-26-11-10-22(16-25(23)26)21-8-6-5-7-9-21;1-14(2)10-17-6-5-7-21-19(17)8-9-20(22-21)18-12-15(3)11-16(4)13-18;1-14-12-18(16-10-6-3-7-11-16)19-13-17(14)15-8-4-2-5-9-15;1-14-7-9-15(10-8-14)17-11-12-19-18(13-17)16-5-3-2-4-6-16;1-10-7-8-13-12(9-10)11-5-3-2-4-6-11;1-10-7-8-12(13-9-10)11-5-3-2-4-6-11;2*1-8(2)5-10(12)7-11(13)6-9(3)4;;;;/h5-11,13-14,16-18H,12H2,1-4H3;5-9,11-12,14H,10H2,1-4H3;2-10,12-13H,1H3;2-5,7-13H,1H3;2*2-5,7-9H,1H3;2*7-9,12H,5-6H2,1-4H3;;;;/q6*-1;;;;;;. The van der Waals surface area contributed by atoms with E-state index >= 15 is 0 Å². The van der Waals surface area contributed by atoms with Crippen molar-refractivity contribution in [2.45, 2.75) is 177 Å². The minimum Gasteiger partial charge on any atom is -0.512 e. The molecule has 2 N–H and O–H groups in total. The fourth-order valence-electron chi connectivity index (χ4n) is 15.8. The van der Waals surface area contributed by atoms with Crippen molar-refractivity contribution in [3.8, 4) is 101 Å². The van der Waals surface area contributed by atoms with Crippen molar-refractivity contribution in [3.05, 3.63) is 444 Å². The molecule has 0 atom stereocenters. The van der Waals surface area contributed by atoms with Gasteiger partial charge in [0.25, 0.3) is 0 Å². The molecule has 14 heteroatoms. The third-order valence-corrected chi connectivity index (χ3v) is 22.1. The fourth-order valence-corrected chi connectivity index (χ4v) is 15.8. The molecule has 0 spiro atoms. The zero-order valence-corrected chi connectivity index (χ0v) is 96.3. The topological polar surface area (TPSA) is 152 Å². The third kappa shape index (κ3) is 41.2. The van der Waals surface area contributed by atoms with Gasteiger partial charge >= 0.3 is 0 Å². The van der Waals surface area contributed by atoms with Gasteiger partial charge in [0.05, 0.1) is 22.6 Å². The van der Waals surface area contributed by atoms with Gasteiger partial charge < -0.3 is 30.1 Å². The second-order valence-electron chi connectivity index (χ2n) is 38.3. The first-order valence-corrected chi connectivity index (χ1v) is 48.8. The van der Waals surface area contributed by atoms with E-state index in [1.165, 1.54) is 101 Å². The van der Waals surface area contributed by atoms with Gasteiger partial charge in [-0.2, -0.15) is 0 Å². The molecule has 0 aliphatic rings. The van der Waals surface area contributed by atoms with Crippen LogP contribution in [0.5, 0.6) is 0 Å². The van der Waals surface area contributed by atoms with Crippen molar-refractivity contribution in [3.63, 3.8) is 0 Å². The number of carbonyl (C=O) groups excluding carboxylic acids is 2. The van der Waals surface area contributed by atoms with E-state index in [2.05, 4.69) is 302 Å². The molecule has 0 saturated carbocycles. The average molecular weight is 2620 g/mol. The minimum atomic E-state index is 0. The predicted molar refractivity (Wildman–Crippen MR) is 587 cm³/mol. The van der Waals surface area contributed by atoms with Gasteiger partial charge in [-0.05, 0) is 191 Å². The van der Waals surface area contributed by atoms with Gasteiger partial charge in [-0.1, -0.05) is 274 Å². The molecule has 17 aromatic rings. The number of aryl methyl sites for hydroxylation is 8. The molecule has 0 unspecified atom stereocenters. The van der Waals surface area contributed by atoms with E-state index in [-0.39, 0.29) is 104 Å². The van der Waals surface area contributed by atoms with E-state index in [0.29, 0.717) is 61.2 Å². The molecule has 11 aromatic carbocycles. The Bertz CT molecular complexity index is 6730. The number of carbonyl (C=O) groups is 2. The van der Waals surface area contributed by atoms with Crippen molar-refractivity contribution in [1.82, 2.24) is 29.9 Å². The first-order chi connectivity index (χ1) is 67.2. The van der Waals surface area contributed by atoms with Crippen LogP contribution < -0.4 is 0 Å². The summed E-state index contributed by atoms with van der Waals surface area (Å²) in [6.07, 6.45) is 14.6. The van der Waals surface area contributed by atoms with Gasteiger partial charge in [-0.25, -0.2) is 0 Å². The van der Waals surface area contributed by atoms with Gasteiger partial charge in [0.15, 0.2) is 11.6 Å². The smallest absolute Gasteiger partial charge is 0.159 e. The number of rotatable bonds is 23. The van der Waals surface area contributed by atoms with Crippen LogP contribution >= 0.6 is 0 Å². The van der Waals surface area contributed by atoms with Gasteiger partial charge in [-0.15, -0.1) is 213 Å². The Balaban J connectivity index is 0.000000255. The second-order valence-corrected chi connectivity index (χ2v) is 38.3. The Morgan fingerprint density at radius 1 is 0.292 bits per heavy atom. The molecule has 10 nitrogen and oxygen atoms in total. The molecular formula is C130H136Ir4N6O4-6. The Morgan fingerprint density at radius 3 is 1.17 bits per heavy atom. The Labute approximate surface area is 912 Å².